The normalized spacial score (nSPS) is 11.5. The minimum absolute atomic E-state index is 0.453. The third kappa shape index (κ3) is 3.30. The van der Waals surface area contributed by atoms with Crippen LogP contribution in [0.3, 0.4) is 0 Å². The average molecular weight is 411 g/mol. The highest BCUT2D eigenvalue weighted by Gasteiger charge is 2.31. The minimum atomic E-state index is -3.40. The van der Waals surface area contributed by atoms with Crippen molar-refractivity contribution in [1.82, 2.24) is 15.0 Å². The molecule has 0 atom stereocenters. The van der Waals surface area contributed by atoms with Crippen LogP contribution in [0.25, 0.3) is 16.7 Å². The molecule has 0 unspecified atom stereocenters. The molecule has 0 fully saturated rings. The molecule has 0 N–H and O–H groups in total. The molecule has 146 valence electrons. The molecule has 5 rings (SSSR count). The number of aromatic nitrogens is 3. The summed E-state index contributed by atoms with van der Waals surface area (Å²) in [5.41, 5.74) is 2.18. The largest absolute Gasteiger partial charge is 0.434 e. The second-order valence-electron chi connectivity index (χ2n) is 6.76. The molecular weight excluding hydrogens is 393 g/mol. The van der Waals surface area contributed by atoms with Crippen LogP contribution in [0.15, 0.2) is 109 Å². The number of hydrogen-bond acceptors (Lipinski definition) is 4. The molecule has 0 spiro atoms. The maximum Gasteiger partial charge on any atom is 0.306 e. The fourth-order valence-electron chi connectivity index (χ4n) is 3.31. The maximum atomic E-state index is 14.3. The summed E-state index contributed by atoms with van der Waals surface area (Å²) >= 11 is 0. The van der Waals surface area contributed by atoms with Gasteiger partial charge in [-0.15, -0.1) is 15.0 Å². The standard InChI is InChI=1S/C24H18N3O2P/c28-30(19-11-3-1-4-12-19,20-13-5-2-6-14-20)29-24-18-10-9-17-23(24)27-25-21-15-7-8-16-22(21)26-27/h1-18H. The van der Waals surface area contributed by atoms with Gasteiger partial charge in [0.15, 0.2) is 5.75 Å². The molecule has 30 heavy (non-hydrogen) atoms. The molecule has 5 aromatic rings. The van der Waals surface area contributed by atoms with Crippen molar-refractivity contribution in [2.45, 2.75) is 0 Å². The summed E-state index contributed by atoms with van der Waals surface area (Å²) in [6.07, 6.45) is 0. The summed E-state index contributed by atoms with van der Waals surface area (Å²) in [6.45, 7) is 0. The lowest BCUT2D eigenvalue weighted by atomic mass is 10.3. The second-order valence-corrected chi connectivity index (χ2v) is 9.08. The maximum absolute atomic E-state index is 14.3. The highest BCUT2D eigenvalue weighted by Crippen LogP contribution is 2.46. The van der Waals surface area contributed by atoms with Crippen LogP contribution < -0.4 is 15.1 Å². The van der Waals surface area contributed by atoms with Crippen LogP contribution >= 0.6 is 7.37 Å². The number of para-hydroxylation sites is 2. The van der Waals surface area contributed by atoms with E-state index in [0.29, 0.717) is 22.0 Å². The molecule has 0 aliphatic rings. The zero-order chi connectivity index (χ0) is 20.4. The second kappa shape index (κ2) is 7.62. The van der Waals surface area contributed by atoms with Gasteiger partial charge in [-0.05, 0) is 48.5 Å². The van der Waals surface area contributed by atoms with E-state index in [1.807, 2.05) is 103 Å². The third-order valence-electron chi connectivity index (χ3n) is 4.79. The van der Waals surface area contributed by atoms with Crippen LogP contribution in [-0.2, 0) is 4.57 Å². The van der Waals surface area contributed by atoms with Crippen molar-refractivity contribution in [2.75, 3.05) is 0 Å². The van der Waals surface area contributed by atoms with Crippen molar-refractivity contribution in [2.24, 2.45) is 0 Å². The van der Waals surface area contributed by atoms with Gasteiger partial charge >= 0.3 is 7.37 Å². The Morgan fingerprint density at radius 3 is 1.63 bits per heavy atom. The van der Waals surface area contributed by atoms with Crippen molar-refractivity contribution in [1.29, 1.82) is 0 Å². The van der Waals surface area contributed by atoms with E-state index in [-0.39, 0.29) is 0 Å². The number of fused-ring (bicyclic) bond motifs is 1. The molecule has 4 aromatic carbocycles. The monoisotopic (exact) mass is 411 g/mol. The van der Waals surface area contributed by atoms with Crippen molar-refractivity contribution in [3.8, 4) is 11.4 Å². The van der Waals surface area contributed by atoms with Crippen molar-refractivity contribution in [3.63, 3.8) is 0 Å². The van der Waals surface area contributed by atoms with Gasteiger partial charge in [0.25, 0.3) is 0 Å². The number of hydrogen-bond donors (Lipinski definition) is 0. The fraction of sp³-hybridized carbons (Fsp3) is 0. The molecule has 0 radical (unpaired) electrons. The summed E-state index contributed by atoms with van der Waals surface area (Å²) in [5, 5.41) is 10.4. The highest BCUT2D eigenvalue weighted by molar-refractivity contribution is 7.74. The van der Waals surface area contributed by atoms with Crippen molar-refractivity contribution < 1.29 is 9.09 Å². The van der Waals surface area contributed by atoms with Crippen LogP contribution in [0, 0.1) is 0 Å². The van der Waals surface area contributed by atoms with Gasteiger partial charge in [-0.1, -0.05) is 60.7 Å². The van der Waals surface area contributed by atoms with Crippen LogP contribution in [0.1, 0.15) is 0 Å². The van der Waals surface area contributed by atoms with Crippen LogP contribution in [0.5, 0.6) is 5.75 Å². The first kappa shape index (κ1) is 18.3. The van der Waals surface area contributed by atoms with Gasteiger partial charge in [-0.3, -0.25) is 4.57 Å². The number of rotatable bonds is 5. The van der Waals surface area contributed by atoms with Gasteiger partial charge in [0.2, 0.25) is 0 Å². The van der Waals surface area contributed by atoms with Gasteiger partial charge in [0.1, 0.15) is 16.7 Å². The average Bonchev–Trinajstić information content (AvgIpc) is 3.25. The summed E-state index contributed by atoms with van der Waals surface area (Å²) in [5.74, 6) is 0.453. The molecule has 0 bridgehead atoms. The molecule has 0 saturated heterocycles. The summed E-state index contributed by atoms with van der Waals surface area (Å²) in [7, 11) is -3.40. The van der Waals surface area contributed by atoms with Crippen molar-refractivity contribution >= 4 is 29.0 Å². The van der Waals surface area contributed by atoms with E-state index in [0.717, 1.165) is 11.0 Å². The molecule has 0 aliphatic carbocycles. The molecule has 0 saturated carbocycles. The van der Waals surface area contributed by atoms with Crippen molar-refractivity contribution in [3.05, 3.63) is 109 Å². The van der Waals surface area contributed by atoms with Gasteiger partial charge in [0.05, 0.1) is 10.6 Å². The third-order valence-corrected chi connectivity index (χ3v) is 7.20. The summed E-state index contributed by atoms with van der Waals surface area (Å²) in [4.78, 5) is 1.53. The van der Waals surface area contributed by atoms with E-state index in [1.165, 1.54) is 4.80 Å². The van der Waals surface area contributed by atoms with E-state index in [2.05, 4.69) is 10.2 Å². The van der Waals surface area contributed by atoms with Crippen LogP contribution in [0.2, 0.25) is 0 Å². The zero-order valence-electron chi connectivity index (χ0n) is 16.0. The van der Waals surface area contributed by atoms with E-state index in [1.54, 1.807) is 6.07 Å². The predicted molar refractivity (Wildman–Crippen MR) is 119 cm³/mol. The van der Waals surface area contributed by atoms with E-state index >= 15 is 0 Å². The van der Waals surface area contributed by atoms with E-state index in [9.17, 15) is 4.57 Å². The first-order valence-corrected chi connectivity index (χ1v) is 11.2. The lowest BCUT2D eigenvalue weighted by Gasteiger charge is -2.21. The van der Waals surface area contributed by atoms with Gasteiger partial charge in [-0.2, -0.15) is 0 Å². The summed E-state index contributed by atoms with van der Waals surface area (Å²) < 4.78 is 20.6. The molecule has 5 nitrogen and oxygen atoms in total. The Labute approximate surface area is 174 Å². The van der Waals surface area contributed by atoms with Gasteiger partial charge < -0.3 is 4.52 Å². The lowest BCUT2D eigenvalue weighted by Crippen LogP contribution is -2.20. The first-order chi connectivity index (χ1) is 14.7. The number of nitrogens with zero attached hydrogens (tertiary/aromatic N) is 3. The van der Waals surface area contributed by atoms with E-state index in [4.69, 9.17) is 4.52 Å². The molecule has 6 heteroatoms. The minimum Gasteiger partial charge on any atom is -0.434 e. The quantitative estimate of drug-likeness (QED) is 0.393. The predicted octanol–water partition coefficient (Wildman–Crippen LogP) is 4.73. The highest BCUT2D eigenvalue weighted by atomic mass is 31.2. The Balaban J connectivity index is 1.64. The molecular formula is C24H18N3O2P. The van der Waals surface area contributed by atoms with Gasteiger partial charge in [-0.25, -0.2) is 0 Å². The molecule has 0 amide bonds. The Hall–Kier alpha value is -3.69. The lowest BCUT2D eigenvalue weighted by molar-refractivity contribution is 0.499. The summed E-state index contributed by atoms with van der Waals surface area (Å²) in [6, 6.07) is 33.6. The smallest absolute Gasteiger partial charge is 0.306 e. The zero-order valence-corrected chi connectivity index (χ0v) is 16.9. The first-order valence-electron chi connectivity index (χ1n) is 9.56. The Kier molecular flexibility index (Phi) is 4.66. The topological polar surface area (TPSA) is 57.0 Å². The Bertz CT molecular complexity index is 1270. The van der Waals surface area contributed by atoms with Gasteiger partial charge in [0, 0.05) is 0 Å². The van der Waals surface area contributed by atoms with Crippen LogP contribution in [0.4, 0.5) is 0 Å². The van der Waals surface area contributed by atoms with Crippen LogP contribution in [-0.4, -0.2) is 15.0 Å². The van der Waals surface area contributed by atoms with E-state index < -0.39 is 7.37 Å². The Morgan fingerprint density at radius 1 is 0.600 bits per heavy atom. The molecule has 1 aromatic heterocycles. The SMILES string of the molecule is O=P(Oc1ccccc1-n1nc2ccccc2n1)(c1ccccc1)c1ccccc1. The number of benzene rings is 4. The molecule has 0 aliphatic heterocycles. The Morgan fingerprint density at radius 2 is 1.07 bits per heavy atom. The molecule has 1 heterocycles. The fourth-order valence-corrected chi connectivity index (χ4v) is 5.38.